The highest BCUT2D eigenvalue weighted by atomic mass is 19.1. The van der Waals surface area contributed by atoms with Crippen molar-refractivity contribution in [2.45, 2.75) is 33.2 Å². The Morgan fingerprint density at radius 1 is 1.13 bits per heavy atom. The van der Waals surface area contributed by atoms with Crippen LogP contribution in [0, 0.1) is 17.6 Å². The van der Waals surface area contributed by atoms with E-state index in [4.69, 9.17) is 4.99 Å². The van der Waals surface area contributed by atoms with Crippen LogP contribution < -0.4 is 15.5 Å². The summed E-state index contributed by atoms with van der Waals surface area (Å²) in [6, 6.07) is 3.97. The third-order valence-corrected chi connectivity index (χ3v) is 6.17. The van der Waals surface area contributed by atoms with E-state index in [1.54, 1.807) is 0 Å². The number of guanidine groups is 1. The van der Waals surface area contributed by atoms with Gasteiger partial charge >= 0.3 is 0 Å². The minimum absolute atomic E-state index is 0.180. The lowest BCUT2D eigenvalue weighted by molar-refractivity contribution is 0.125. The topological polar surface area (TPSA) is 46.1 Å². The zero-order valence-corrected chi connectivity index (χ0v) is 19.2. The van der Waals surface area contributed by atoms with Crippen molar-refractivity contribution >= 4 is 11.6 Å². The first kappa shape index (κ1) is 23.7. The van der Waals surface area contributed by atoms with Crippen LogP contribution in [-0.2, 0) is 0 Å². The molecule has 6 nitrogen and oxygen atoms in total. The van der Waals surface area contributed by atoms with Crippen molar-refractivity contribution in [3.63, 3.8) is 0 Å². The van der Waals surface area contributed by atoms with E-state index in [0.29, 0.717) is 18.2 Å². The minimum atomic E-state index is -0.543. The van der Waals surface area contributed by atoms with Crippen LogP contribution in [0.15, 0.2) is 23.2 Å². The lowest BCUT2D eigenvalue weighted by Gasteiger charge is -2.35. The zero-order valence-electron chi connectivity index (χ0n) is 19.2. The van der Waals surface area contributed by atoms with Gasteiger partial charge in [-0.15, -0.1) is 0 Å². The highest BCUT2D eigenvalue weighted by Gasteiger charge is 2.25. The first-order valence-corrected chi connectivity index (χ1v) is 11.7. The number of hydrogen-bond donors (Lipinski definition) is 2. The van der Waals surface area contributed by atoms with Crippen molar-refractivity contribution in [1.82, 2.24) is 20.4 Å². The van der Waals surface area contributed by atoms with Crippen LogP contribution in [0.1, 0.15) is 27.2 Å². The van der Waals surface area contributed by atoms with Gasteiger partial charge in [-0.25, -0.2) is 8.78 Å². The molecule has 0 spiro atoms. The van der Waals surface area contributed by atoms with Crippen LogP contribution in [0.25, 0.3) is 0 Å². The van der Waals surface area contributed by atoms with Gasteiger partial charge in [0.15, 0.2) is 5.96 Å². The minimum Gasteiger partial charge on any atom is -0.367 e. The van der Waals surface area contributed by atoms with E-state index in [1.807, 2.05) is 4.90 Å². The predicted molar refractivity (Wildman–Crippen MR) is 124 cm³/mol. The third-order valence-electron chi connectivity index (χ3n) is 6.17. The van der Waals surface area contributed by atoms with E-state index < -0.39 is 11.6 Å². The van der Waals surface area contributed by atoms with E-state index in [0.717, 1.165) is 77.3 Å². The number of anilines is 1. The van der Waals surface area contributed by atoms with Gasteiger partial charge in [0, 0.05) is 71.0 Å². The summed E-state index contributed by atoms with van der Waals surface area (Å²) in [5.41, 5.74) is 0.462. The fourth-order valence-corrected chi connectivity index (χ4v) is 4.38. The lowest BCUT2D eigenvalue weighted by Crippen LogP contribution is -2.47. The largest absolute Gasteiger partial charge is 0.367 e. The smallest absolute Gasteiger partial charge is 0.191 e. The Morgan fingerprint density at radius 2 is 1.87 bits per heavy atom. The maximum atomic E-state index is 14.1. The van der Waals surface area contributed by atoms with Gasteiger partial charge in [-0.05, 0) is 37.9 Å². The fraction of sp³-hybridized carbons (Fsp3) is 0.696. The number of rotatable bonds is 8. The lowest BCUT2D eigenvalue weighted by atomic mass is 10.1. The Bertz CT molecular complexity index is 720. The van der Waals surface area contributed by atoms with Gasteiger partial charge in [0.05, 0.1) is 5.69 Å². The van der Waals surface area contributed by atoms with Crippen molar-refractivity contribution in [1.29, 1.82) is 0 Å². The van der Waals surface area contributed by atoms with Gasteiger partial charge in [-0.3, -0.25) is 4.99 Å². The van der Waals surface area contributed by atoms with Gasteiger partial charge in [0.1, 0.15) is 11.6 Å². The second-order valence-corrected chi connectivity index (χ2v) is 8.73. The van der Waals surface area contributed by atoms with Crippen molar-refractivity contribution in [2.24, 2.45) is 10.9 Å². The number of nitrogens with zero attached hydrogens (tertiary/aromatic N) is 4. The van der Waals surface area contributed by atoms with E-state index >= 15 is 0 Å². The van der Waals surface area contributed by atoms with Gasteiger partial charge in [0.2, 0.25) is 0 Å². The summed E-state index contributed by atoms with van der Waals surface area (Å²) in [6.07, 6.45) is 0.887. The number of hydrogen-bond acceptors (Lipinski definition) is 4. The zero-order chi connectivity index (χ0) is 22.2. The predicted octanol–water partition coefficient (Wildman–Crippen LogP) is 2.37. The van der Waals surface area contributed by atoms with Crippen LogP contribution in [0.3, 0.4) is 0 Å². The molecule has 0 bridgehead atoms. The molecule has 2 saturated heterocycles. The van der Waals surface area contributed by atoms with Crippen LogP contribution in [0.2, 0.25) is 0 Å². The molecule has 0 radical (unpaired) electrons. The molecule has 1 aromatic rings. The summed E-state index contributed by atoms with van der Waals surface area (Å²) < 4.78 is 27.3. The Morgan fingerprint density at radius 3 is 2.55 bits per heavy atom. The van der Waals surface area contributed by atoms with Crippen LogP contribution in [0.4, 0.5) is 14.5 Å². The SMILES string of the molecule is CCNC(=NCC(C)CN1CCN(CC)CC1)NC1CCN(c2ccc(F)cc2F)C1. The first-order chi connectivity index (χ1) is 15.0. The summed E-state index contributed by atoms with van der Waals surface area (Å²) in [6.45, 7) is 16.3. The summed E-state index contributed by atoms with van der Waals surface area (Å²) in [4.78, 5) is 11.8. The molecular formula is C23H38F2N6. The Labute approximate surface area is 185 Å². The van der Waals surface area contributed by atoms with Crippen LogP contribution in [0.5, 0.6) is 0 Å². The first-order valence-electron chi connectivity index (χ1n) is 11.7. The molecule has 174 valence electrons. The van der Waals surface area contributed by atoms with E-state index in [-0.39, 0.29) is 6.04 Å². The van der Waals surface area contributed by atoms with E-state index in [1.165, 1.54) is 12.1 Å². The quantitative estimate of drug-likeness (QED) is 0.484. The number of nitrogens with one attached hydrogen (secondary N) is 2. The second-order valence-electron chi connectivity index (χ2n) is 8.73. The normalized spacial score (nSPS) is 22.0. The van der Waals surface area contributed by atoms with E-state index in [2.05, 4.69) is 41.2 Å². The molecule has 0 amide bonds. The summed E-state index contributed by atoms with van der Waals surface area (Å²) >= 11 is 0. The van der Waals surface area contributed by atoms with Crippen molar-refractivity contribution < 1.29 is 8.78 Å². The Balaban J connectivity index is 1.48. The molecule has 1 aromatic carbocycles. The fourth-order valence-electron chi connectivity index (χ4n) is 4.38. The molecule has 2 unspecified atom stereocenters. The highest BCUT2D eigenvalue weighted by molar-refractivity contribution is 5.80. The van der Waals surface area contributed by atoms with Crippen molar-refractivity contribution in [3.8, 4) is 0 Å². The molecule has 3 rings (SSSR count). The maximum Gasteiger partial charge on any atom is 0.191 e. The standard InChI is InChI=1S/C23H38F2N6/c1-4-26-23(27-15-18(3)16-30-12-10-29(5-2)11-13-30)28-20-8-9-31(17-20)22-7-6-19(24)14-21(22)25/h6-7,14,18,20H,4-5,8-13,15-17H2,1-3H3,(H2,26,27,28). The van der Waals surface area contributed by atoms with Gasteiger partial charge in [-0.1, -0.05) is 13.8 Å². The van der Waals surface area contributed by atoms with Gasteiger partial charge in [-0.2, -0.15) is 0 Å². The molecule has 2 N–H and O–H groups in total. The molecule has 2 fully saturated rings. The highest BCUT2D eigenvalue weighted by Crippen LogP contribution is 2.24. The Kier molecular flexibility index (Phi) is 8.90. The number of halogens is 2. The summed E-state index contributed by atoms with van der Waals surface area (Å²) in [5, 5.41) is 6.83. The molecule has 31 heavy (non-hydrogen) atoms. The third kappa shape index (κ3) is 7.04. The van der Waals surface area contributed by atoms with E-state index in [9.17, 15) is 8.78 Å². The summed E-state index contributed by atoms with van der Waals surface area (Å²) in [7, 11) is 0. The molecule has 2 heterocycles. The molecule has 2 aliphatic rings. The number of likely N-dealkylation sites (N-methyl/N-ethyl adjacent to an activating group) is 1. The molecule has 0 aromatic heterocycles. The van der Waals surface area contributed by atoms with Gasteiger partial charge < -0.3 is 25.3 Å². The van der Waals surface area contributed by atoms with Crippen LogP contribution >= 0.6 is 0 Å². The number of piperazine rings is 1. The molecule has 0 aliphatic carbocycles. The molecule has 8 heteroatoms. The Hall–Kier alpha value is -1.93. The average Bonchev–Trinajstić information content (AvgIpc) is 3.21. The average molecular weight is 437 g/mol. The summed E-state index contributed by atoms with van der Waals surface area (Å²) in [5.74, 6) is 0.251. The van der Waals surface area contributed by atoms with Crippen molar-refractivity contribution in [3.05, 3.63) is 29.8 Å². The number of aliphatic imine (C=N–C) groups is 1. The van der Waals surface area contributed by atoms with Gasteiger partial charge in [0.25, 0.3) is 0 Å². The molecular weight excluding hydrogens is 398 g/mol. The molecule has 0 saturated carbocycles. The second kappa shape index (κ2) is 11.6. The monoisotopic (exact) mass is 436 g/mol. The van der Waals surface area contributed by atoms with Crippen LogP contribution in [-0.4, -0.2) is 87.2 Å². The molecule has 2 aliphatic heterocycles. The maximum absolute atomic E-state index is 14.1. The molecule has 2 atom stereocenters. The van der Waals surface area contributed by atoms with Crippen molar-refractivity contribution in [2.75, 3.05) is 70.3 Å². The number of benzene rings is 1.